The lowest BCUT2D eigenvalue weighted by atomic mass is 9.63. The molecular formula is C28H20ClFN4O2. The average Bonchev–Trinajstić information content (AvgIpc) is 3.49. The number of nitrogens with zero attached hydrogens (tertiary/aromatic N) is 4. The first-order chi connectivity index (χ1) is 17.4. The third kappa shape index (κ3) is 2.76. The molecule has 1 aromatic heterocycles. The maximum Gasteiger partial charge on any atom is 0.247 e. The summed E-state index contributed by atoms with van der Waals surface area (Å²) in [7, 11) is 1.67. The highest BCUT2D eigenvalue weighted by atomic mass is 35.5. The second kappa shape index (κ2) is 7.94. The number of amides is 1. The topological polar surface area (TPSA) is 69.3 Å². The van der Waals surface area contributed by atoms with Crippen LogP contribution in [0.5, 0.6) is 0 Å². The molecule has 0 radical (unpaired) electrons. The third-order valence-electron chi connectivity index (χ3n) is 7.26. The van der Waals surface area contributed by atoms with Crippen molar-refractivity contribution in [1.82, 2.24) is 4.57 Å². The van der Waals surface area contributed by atoms with Crippen LogP contribution in [0.4, 0.5) is 15.8 Å². The van der Waals surface area contributed by atoms with E-state index in [1.54, 1.807) is 35.0 Å². The molecule has 36 heavy (non-hydrogen) atoms. The summed E-state index contributed by atoms with van der Waals surface area (Å²) in [5.74, 6) is -0.676. The van der Waals surface area contributed by atoms with Crippen LogP contribution in [0.25, 0.3) is 5.82 Å². The molecule has 3 heterocycles. The van der Waals surface area contributed by atoms with E-state index in [-0.39, 0.29) is 28.7 Å². The molecule has 0 fully saturated rings. The molecule has 3 aliphatic rings. The summed E-state index contributed by atoms with van der Waals surface area (Å²) in [6, 6.07) is 17.6. The molecular weight excluding hydrogens is 479 g/mol. The van der Waals surface area contributed by atoms with Gasteiger partial charge in [-0.15, -0.1) is 0 Å². The van der Waals surface area contributed by atoms with Crippen molar-refractivity contribution in [3.05, 3.63) is 100 Å². The van der Waals surface area contributed by atoms with Crippen LogP contribution in [0.2, 0.25) is 5.02 Å². The monoisotopic (exact) mass is 498 g/mol. The van der Waals surface area contributed by atoms with Gasteiger partial charge in [-0.2, -0.15) is 5.26 Å². The Labute approximate surface area is 212 Å². The Morgan fingerprint density at radius 1 is 1.06 bits per heavy atom. The fourth-order valence-electron chi connectivity index (χ4n) is 5.81. The minimum absolute atomic E-state index is 0.0792. The highest BCUT2D eigenvalue weighted by Gasteiger charge is 2.62. The van der Waals surface area contributed by atoms with Gasteiger partial charge in [0.05, 0.1) is 10.6 Å². The van der Waals surface area contributed by atoms with Gasteiger partial charge >= 0.3 is 0 Å². The van der Waals surface area contributed by atoms with Crippen molar-refractivity contribution < 1.29 is 14.0 Å². The van der Waals surface area contributed by atoms with E-state index in [1.807, 2.05) is 36.4 Å². The van der Waals surface area contributed by atoms with Gasteiger partial charge in [0.2, 0.25) is 5.91 Å². The molecule has 0 N–H and O–H groups in total. The van der Waals surface area contributed by atoms with Crippen LogP contribution in [0, 0.1) is 17.1 Å². The number of Topliss-reactive ketones (excluding diaryl/α,β-unsaturated/α-hetero) is 1. The molecule has 8 heteroatoms. The van der Waals surface area contributed by atoms with Gasteiger partial charge in [-0.3, -0.25) is 14.5 Å². The molecule has 0 saturated carbocycles. The number of anilines is 2. The number of fused-ring (bicyclic) bond motifs is 3. The minimum Gasteiger partial charge on any atom is -0.314 e. The highest BCUT2D eigenvalue weighted by molar-refractivity contribution is 6.31. The number of hydrogen-bond acceptors (Lipinski definition) is 4. The van der Waals surface area contributed by atoms with Crippen LogP contribution in [0.15, 0.2) is 83.8 Å². The summed E-state index contributed by atoms with van der Waals surface area (Å²) < 4.78 is 15.9. The van der Waals surface area contributed by atoms with Gasteiger partial charge in [0, 0.05) is 54.1 Å². The van der Waals surface area contributed by atoms with Crippen molar-refractivity contribution in [2.45, 2.75) is 24.7 Å². The van der Waals surface area contributed by atoms with E-state index in [1.165, 1.54) is 17.0 Å². The Kier molecular flexibility index (Phi) is 4.92. The van der Waals surface area contributed by atoms with Crippen LogP contribution >= 0.6 is 11.6 Å². The zero-order valence-electron chi connectivity index (χ0n) is 19.3. The van der Waals surface area contributed by atoms with Crippen LogP contribution in [0.3, 0.4) is 0 Å². The number of likely N-dealkylation sites (N-methyl/N-ethyl adjacent to an activating group) is 1. The Bertz CT molecular complexity index is 1570. The van der Waals surface area contributed by atoms with Gasteiger partial charge in [0.1, 0.15) is 23.1 Å². The lowest BCUT2D eigenvalue weighted by Gasteiger charge is -2.45. The summed E-state index contributed by atoms with van der Waals surface area (Å²) in [5, 5.41) is 10.6. The zero-order chi connectivity index (χ0) is 25.2. The second-order valence-electron chi connectivity index (χ2n) is 9.06. The maximum atomic E-state index is 14.2. The number of carbonyl (C=O) groups is 2. The molecule has 3 aromatic rings. The van der Waals surface area contributed by atoms with E-state index >= 15 is 0 Å². The van der Waals surface area contributed by atoms with Crippen molar-refractivity contribution in [3.8, 4) is 6.07 Å². The van der Waals surface area contributed by atoms with Gasteiger partial charge in [0.15, 0.2) is 5.78 Å². The number of hydrogen-bond donors (Lipinski definition) is 0. The molecule has 1 spiro atoms. The highest BCUT2D eigenvalue weighted by Crippen LogP contribution is 2.57. The molecule has 6 rings (SSSR count). The Hall–Kier alpha value is -4.15. The molecule has 6 nitrogen and oxygen atoms in total. The number of rotatable bonds is 2. The van der Waals surface area contributed by atoms with Gasteiger partial charge in [0.25, 0.3) is 0 Å². The van der Waals surface area contributed by atoms with Crippen LogP contribution in [-0.4, -0.2) is 23.3 Å². The molecule has 1 atom stereocenters. The van der Waals surface area contributed by atoms with Crippen molar-refractivity contribution in [3.63, 3.8) is 0 Å². The largest absolute Gasteiger partial charge is 0.314 e. The van der Waals surface area contributed by atoms with E-state index in [9.17, 15) is 19.2 Å². The number of aromatic nitrogens is 1. The first-order valence-corrected chi connectivity index (χ1v) is 12.0. The van der Waals surface area contributed by atoms with E-state index in [4.69, 9.17) is 11.6 Å². The normalized spacial score (nSPS) is 21.3. The number of para-hydroxylation sites is 1. The molecule has 0 unspecified atom stereocenters. The maximum absolute atomic E-state index is 14.2. The molecule has 0 saturated heterocycles. The van der Waals surface area contributed by atoms with E-state index in [2.05, 4.69) is 6.07 Å². The summed E-state index contributed by atoms with van der Waals surface area (Å²) in [6.07, 6.45) is 4.93. The first-order valence-electron chi connectivity index (χ1n) is 11.6. The average molecular weight is 499 g/mol. The fourth-order valence-corrected chi connectivity index (χ4v) is 5.98. The molecule has 178 valence electrons. The van der Waals surface area contributed by atoms with Gasteiger partial charge in [-0.05, 0) is 49.2 Å². The summed E-state index contributed by atoms with van der Waals surface area (Å²) in [4.78, 5) is 31.3. The minimum atomic E-state index is -1.58. The number of halogens is 2. The number of allylic oxidation sites excluding steroid dienone is 1. The number of ketones is 1. The summed E-state index contributed by atoms with van der Waals surface area (Å²) in [5.41, 5.74) is 1.26. The number of carbonyl (C=O) groups excluding carboxylic acids is 2. The SMILES string of the molecule is CN1C(=O)[C@@]2(C(C#N)=C(n3cccc3)N(c3ccc(F)c(Cl)c3)C3=C2C(=O)CCC3)c2ccccc21. The van der Waals surface area contributed by atoms with Crippen molar-refractivity contribution in [2.75, 3.05) is 16.8 Å². The first kappa shape index (κ1) is 22.3. The van der Waals surface area contributed by atoms with E-state index in [0.717, 1.165) is 0 Å². The Morgan fingerprint density at radius 2 is 1.81 bits per heavy atom. The number of nitriles is 1. The van der Waals surface area contributed by atoms with Crippen LogP contribution < -0.4 is 9.80 Å². The van der Waals surface area contributed by atoms with Crippen molar-refractivity contribution >= 4 is 40.5 Å². The van der Waals surface area contributed by atoms with Gasteiger partial charge < -0.3 is 9.47 Å². The van der Waals surface area contributed by atoms with Crippen molar-refractivity contribution in [2.24, 2.45) is 0 Å². The van der Waals surface area contributed by atoms with Gasteiger partial charge in [-0.25, -0.2) is 4.39 Å². The zero-order valence-corrected chi connectivity index (χ0v) is 20.1. The molecule has 2 aromatic carbocycles. The molecule has 1 amide bonds. The fraction of sp³-hybridized carbons (Fsp3) is 0.179. The van der Waals surface area contributed by atoms with E-state index < -0.39 is 11.2 Å². The molecule has 1 aliphatic carbocycles. The molecule has 2 aliphatic heterocycles. The third-order valence-corrected chi connectivity index (χ3v) is 7.55. The quantitative estimate of drug-likeness (QED) is 0.473. The lowest BCUT2D eigenvalue weighted by molar-refractivity contribution is -0.123. The second-order valence-corrected chi connectivity index (χ2v) is 9.47. The van der Waals surface area contributed by atoms with Crippen molar-refractivity contribution in [1.29, 1.82) is 5.26 Å². The lowest BCUT2D eigenvalue weighted by Crippen LogP contribution is -2.51. The van der Waals surface area contributed by atoms with Gasteiger partial charge in [-0.1, -0.05) is 29.8 Å². The Balaban J connectivity index is 1.79. The van der Waals surface area contributed by atoms with Crippen LogP contribution in [-0.2, 0) is 15.0 Å². The van der Waals surface area contributed by atoms with Crippen LogP contribution in [0.1, 0.15) is 24.8 Å². The Morgan fingerprint density at radius 3 is 2.53 bits per heavy atom. The molecule has 0 bridgehead atoms. The summed E-state index contributed by atoms with van der Waals surface area (Å²) >= 11 is 6.18. The summed E-state index contributed by atoms with van der Waals surface area (Å²) in [6.45, 7) is 0. The smallest absolute Gasteiger partial charge is 0.247 e. The standard InChI is InChI=1S/C28H20ClFN4O2/c1-32-22-8-3-2-7-18(22)28(27(32)36)19(16-31)26(33-13-4-5-14-33)34(17-11-12-21(30)20(29)15-17)23-9-6-10-24(35)25(23)28/h2-5,7-8,11-15H,6,9-10H2,1H3/t28-/m1/s1. The van der Waals surface area contributed by atoms with E-state index in [0.29, 0.717) is 46.9 Å². The predicted octanol–water partition coefficient (Wildman–Crippen LogP) is 5.41. The number of benzene rings is 2. The predicted molar refractivity (Wildman–Crippen MR) is 135 cm³/mol.